The molecule has 0 bridgehead atoms. The van der Waals surface area contributed by atoms with Gasteiger partial charge in [-0.15, -0.1) is 0 Å². The maximum absolute atomic E-state index is 13.3. The fourth-order valence-corrected chi connectivity index (χ4v) is 5.32. The third-order valence-electron chi connectivity index (χ3n) is 7.19. The van der Waals surface area contributed by atoms with Gasteiger partial charge in [-0.05, 0) is 12.8 Å². The van der Waals surface area contributed by atoms with Gasteiger partial charge in [0.1, 0.15) is 30.2 Å². The number of aromatic nitrogens is 4. The molecule has 1 fully saturated rings. The van der Waals surface area contributed by atoms with Crippen LogP contribution < -0.4 is 26.6 Å². The van der Waals surface area contributed by atoms with Crippen LogP contribution in [0.5, 0.6) is 0 Å². The van der Waals surface area contributed by atoms with Gasteiger partial charge in [0.25, 0.3) is 0 Å². The Bertz CT molecular complexity index is 1410. The van der Waals surface area contributed by atoms with Crippen LogP contribution in [-0.2, 0) is 46.4 Å². The molecule has 0 saturated carbocycles. The Morgan fingerprint density at radius 3 is 1.89 bits per heavy atom. The molecule has 18 nitrogen and oxygen atoms in total. The van der Waals surface area contributed by atoms with E-state index in [0.29, 0.717) is 17.8 Å². The molecular weight excluding hydrogens is 656 g/mol. The molecule has 2 aromatic rings. The minimum atomic E-state index is -1.30. The molecule has 1 aliphatic heterocycles. The number of likely N-dealkylation sites (tertiary alicyclic amines) is 1. The summed E-state index contributed by atoms with van der Waals surface area (Å²) in [5, 5.41) is 21.8. The summed E-state index contributed by atoms with van der Waals surface area (Å²) < 4.78 is 0. The van der Waals surface area contributed by atoms with Gasteiger partial charge in [0.15, 0.2) is 0 Å². The second-order valence-electron chi connectivity index (χ2n) is 10.7. The van der Waals surface area contributed by atoms with Crippen LogP contribution in [0.2, 0.25) is 0 Å². The molecule has 3 heterocycles. The lowest BCUT2D eigenvalue weighted by Crippen LogP contribution is -2.57. The Hall–Kier alpha value is -4.59. The van der Waals surface area contributed by atoms with Gasteiger partial charge in [-0.1, -0.05) is 0 Å². The first-order valence-electron chi connectivity index (χ1n) is 14.6. The van der Waals surface area contributed by atoms with Gasteiger partial charge in [-0.2, -0.15) is 25.3 Å². The van der Waals surface area contributed by atoms with Gasteiger partial charge < -0.3 is 46.6 Å². The number of aliphatic carboxylic acids is 1. The van der Waals surface area contributed by atoms with Crippen molar-refractivity contribution < 1.29 is 38.7 Å². The van der Waals surface area contributed by atoms with Gasteiger partial charge in [-0.3, -0.25) is 28.8 Å². The van der Waals surface area contributed by atoms with E-state index in [2.05, 4.69) is 71.8 Å². The average Bonchev–Trinajstić information content (AvgIpc) is 3.83. The highest BCUT2D eigenvalue weighted by Crippen LogP contribution is 2.18. The summed E-state index contributed by atoms with van der Waals surface area (Å²) in [6.45, 7) is 0.968. The van der Waals surface area contributed by atoms with Crippen LogP contribution in [0.25, 0.3) is 0 Å². The number of imidazole rings is 2. The zero-order valence-electron chi connectivity index (χ0n) is 25.4. The lowest BCUT2D eigenvalue weighted by molar-refractivity contribution is -0.142. The number of rotatable bonds is 17. The molecule has 1 aliphatic rings. The summed E-state index contributed by atoms with van der Waals surface area (Å²) in [5.74, 6) is -5.38. The summed E-state index contributed by atoms with van der Waals surface area (Å²) in [5.41, 5.74) is 1.08. The third-order valence-corrected chi connectivity index (χ3v) is 7.92. The molecule has 47 heavy (non-hydrogen) atoms. The first kappa shape index (κ1) is 36.9. The first-order valence-corrected chi connectivity index (χ1v) is 15.8. The topological polar surface area (TPSA) is 260 Å². The average molecular weight is 695 g/mol. The normalized spacial score (nSPS) is 16.7. The van der Waals surface area contributed by atoms with Crippen molar-refractivity contribution in [3.8, 4) is 0 Å². The predicted molar refractivity (Wildman–Crippen MR) is 171 cm³/mol. The Balaban J connectivity index is 1.60. The molecule has 0 spiro atoms. The summed E-state index contributed by atoms with van der Waals surface area (Å²) in [4.78, 5) is 103. The molecular formula is C27H38N10O8S2. The monoisotopic (exact) mass is 694 g/mol. The van der Waals surface area contributed by atoms with E-state index in [1.165, 1.54) is 36.9 Å². The molecule has 1 saturated heterocycles. The maximum atomic E-state index is 13.3. The highest BCUT2D eigenvalue weighted by molar-refractivity contribution is 7.80. The molecule has 8 N–H and O–H groups in total. The van der Waals surface area contributed by atoms with E-state index < -0.39 is 78.2 Å². The number of H-pyrrole nitrogens is 2. The molecule has 0 aromatic carbocycles. The van der Waals surface area contributed by atoms with Gasteiger partial charge in [-0.25, -0.2) is 14.8 Å². The Kier molecular flexibility index (Phi) is 14.1. The molecule has 5 atom stereocenters. The van der Waals surface area contributed by atoms with Crippen molar-refractivity contribution in [1.82, 2.24) is 51.4 Å². The number of hydrogen-bond acceptors (Lipinski definition) is 11. The number of nitrogens with zero attached hydrogens (tertiary/aromatic N) is 3. The lowest BCUT2D eigenvalue weighted by atomic mass is 10.1. The van der Waals surface area contributed by atoms with E-state index in [1.807, 2.05) is 0 Å². The van der Waals surface area contributed by atoms with Crippen molar-refractivity contribution in [2.75, 3.05) is 24.6 Å². The van der Waals surface area contributed by atoms with Crippen LogP contribution in [-0.4, -0.2) is 126 Å². The number of thiol groups is 2. The first-order chi connectivity index (χ1) is 22.4. The van der Waals surface area contributed by atoms with Crippen molar-refractivity contribution in [2.45, 2.75) is 62.8 Å². The number of carbonyl (C=O) groups excluding carboxylic acids is 6. The van der Waals surface area contributed by atoms with Crippen molar-refractivity contribution in [3.05, 3.63) is 36.4 Å². The minimum Gasteiger partial charge on any atom is -0.480 e. The van der Waals surface area contributed by atoms with Gasteiger partial charge in [0.05, 0.1) is 19.2 Å². The minimum absolute atomic E-state index is 0.0330. The van der Waals surface area contributed by atoms with E-state index >= 15 is 0 Å². The second-order valence-corrected chi connectivity index (χ2v) is 11.4. The standard InChI is InChI=1S/C27H38N10O8S2/c1-14(38)33-17(5-15-7-28-12-31-15)24(41)35-19(10-46)23(40)30-9-22(39)37-4-2-3-21(37)26(43)34-18(6-16-8-29-13-32-16)25(42)36-20(11-47)27(44)45/h7-8,12-13,17-21,46-47H,2-6,9-11H2,1H3,(H,28,31)(H,29,32)(H,30,40)(H,33,38)(H,34,43)(H,35,41)(H,36,42)(H,44,45)/t17-,18-,19-,20-,21-/m0/s1. The number of amides is 6. The van der Waals surface area contributed by atoms with Crippen molar-refractivity contribution >= 4 is 66.7 Å². The fraction of sp³-hybridized carbons (Fsp3) is 0.519. The molecule has 0 aliphatic carbocycles. The molecule has 3 rings (SSSR count). The quantitative estimate of drug-likeness (QED) is 0.0747. The fourth-order valence-electron chi connectivity index (χ4n) is 4.81. The van der Waals surface area contributed by atoms with Crippen molar-refractivity contribution in [2.24, 2.45) is 0 Å². The van der Waals surface area contributed by atoms with Crippen LogP contribution in [0.3, 0.4) is 0 Å². The molecule has 20 heteroatoms. The zero-order valence-corrected chi connectivity index (χ0v) is 27.2. The molecule has 256 valence electrons. The maximum Gasteiger partial charge on any atom is 0.327 e. The largest absolute Gasteiger partial charge is 0.480 e. The van der Waals surface area contributed by atoms with Crippen LogP contribution in [0, 0.1) is 0 Å². The third kappa shape index (κ3) is 11.0. The van der Waals surface area contributed by atoms with Crippen LogP contribution in [0.4, 0.5) is 0 Å². The SMILES string of the molecule is CC(=O)N[C@@H](Cc1cnc[nH]1)C(=O)N[C@@H](CS)C(=O)NCC(=O)N1CCC[C@H]1C(=O)N[C@@H](Cc1cnc[nH]1)C(=O)N[C@@H](CS)C(=O)O. The van der Waals surface area contributed by atoms with Crippen LogP contribution in [0.1, 0.15) is 31.2 Å². The van der Waals surface area contributed by atoms with Gasteiger partial charge in [0.2, 0.25) is 35.4 Å². The highest BCUT2D eigenvalue weighted by atomic mass is 32.1. The summed E-state index contributed by atoms with van der Waals surface area (Å²) in [6, 6.07) is -5.61. The van der Waals surface area contributed by atoms with E-state index in [0.717, 1.165) is 0 Å². The number of carboxylic acids is 1. The Morgan fingerprint density at radius 2 is 1.40 bits per heavy atom. The lowest BCUT2D eigenvalue weighted by Gasteiger charge is -2.27. The zero-order chi connectivity index (χ0) is 34.5. The van der Waals surface area contributed by atoms with Crippen LogP contribution >= 0.6 is 25.3 Å². The van der Waals surface area contributed by atoms with E-state index in [-0.39, 0.29) is 37.3 Å². The smallest absolute Gasteiger partial charge is 0.327 e. The summed E-state index contributed by atoms with van der Waals surface area (Å²) in [6.07, 6.45) is 6.57. The number of nitrogens with one attached hydrogen (secondary N) is 7. The van der Waals surface area contributed by atoms with E-state index in [9.17, 15) is 38.7 Å². The van der Waals surface area contributed by atoms with E-state index in [4.69, 9.17) is 0 Å². The Labute approximate surface area is 280 Å². The van der Waals surface area contributed by atoms with E-state index in [1.54, 1.807) is 0 Å². The van der Waals surface area contributed by atoms with Crippen molar-refractivity contribution in [3.63, 3.8) is 0 Å². The second kappa shape index (κ2) is 17.9. The highest BCUT2D eigenvalue weighted by Gasteiger charge is 2.37. The predicted octanol–water partition coefficient (Wildman–Crippen LogP) is -3.07. The number of carboxylic acid groups (broad SMARTS) is 1. The van der Waals surface area contributed by atoms with Gasteiger partial charge in [0, 0.05) is 61.6 Å². The molecule has 6 amide bonds. The summed E-state index contributed by atoms with van der Waals surface area (Å²) >= 11 is 8.10. The Morgan fingerprint density at radius 1 is 0.851 bits per heavy atom. The molecule has 2 aromatic heterocycles. The van der Waals surface area contributed by atoms with Crippen molar-refractivity contribution in [1.29, 1.82) is 0 Å². The number of aromatic amines is 2. The number of hydrogen-bond donors (Lipinski definition) is 10. The van der Waals surface area contributed by atoms with Crippen LogP contribution in [0.15, 0.2) is 25.0 Å². The number of carbonyl (C=O) groups is 7. The molecule has 0 unspecified atom stereocenters. The van der Waals surface area contributed by atoms with Gasteiger partial charge >= 0.3 is 5.97 Å². The summed E-state index contributed by atoms with van der Waals surface area (Å²) in [7, 11) is 0. The molecule has 0 radical (unpaired) electrons.